The molecule has 33 heavy (non-hydrogen) atoms. The second-order valence-corrected chi connectivity index (χ2v) is 7.77. The van der Waals surface area contributed by atoms with Crippen molar-refractivity contribution in [3.8, 4) is 17.2 Å². The lowest BCUT2D eigenvalue weighted by molar-refractivity contribution is -0.115. The monoisotopic (exact) mass is 510 g/mol. The zero-order valence-corrected chi connectivity index (χ0v) is 20.3. The van der Waals surface area contributed by atoms with Gasteiger partial charge in [0.2, 0.25) is 11.9 Å². The van der Waals surface area contributed by atoms with Gasteiger partial charge < -0.3 is 24.8 Å². The fourth-order valence-electron chi connectivity index (χ4n) is 2.78. The summed E-state index contributed by atoms with van der Waals surface area (Å²) in [6.07, 6.45) is 3.30. The number of hydrogen-bond donors (Lipinski definition) is 2. The number of anilines is 3. The lowest BCUT2D eigenvalue weighted by atomic mass is 10.2. The van der Waals surface area contributed by atoms with E-state index in [0.29, 0.717) is 55.7 Å². The number of amides is 1. The average molecular weight is 512 g/mol. The molecule has 1 amide bonds. The minimum Gasteiger partial charge on any atom is -0.495 e. The van der Waals surface area contributed by atoms with Crippen LogP contribution in [0, 0.1) is 0 Å². The highest BCUT2D eigenvalue weighted by Crippen LogP contribution is 2.40. The van der Waals surface area contributed by atoms with Gasteiger partial charge >= 0.3 is 0 Å². The number of aromatic nitrogens is 2. The highest BCUT2D eigenvalue weighted by atomic mass is 35.5. The quantitative estimate of drug-likeness (QED) is 0.357. The first-order chi connectivity index (χ1) is 15.9. The fraction of sp³-hybridized carbons (Fsp3) is 0.227. The Bertz CT molecular complexity index is 1120. The maximum atomic E-state index is 11.8. The Morgan fingerprint density at radius 2 is 1.67 bits per heavy atom. The topological polar surface area (TPSA) is 94.6 Å². The van der Waals surface area contributed by atoms with Gasteiger partial charge in [-0.2, -0.15) is 0 Å². The molecule has 0 saturated carbocycles. The summed E-state index contributed by atoms with van der Waals surface area (Å²) >= 11 is 19.0. The molecule has 11 heteroatoms. The van der Waals surface area contributed by atoms with Gasteiger partial charge in [0.25, 0.3) is 0 Å². The molecule has 174 valence electrons. The second kappa shape index (κ2) is 11.3. The lowest BCUT2D eigenvalue weighted by Gasteiger charge is -2.15. The van der Waals surface area contributed by atoms with Gasteiger partial charge in [-0.15, -0.1) is 0 Å². The van der Waals surface area contributed by atoms with Crippen LogP contribution in [0.4, 0.5) is 17.3 Å². The number of carbonyl (C=O) groups is 1. The Morgan fingerprint density at radius 3 is 2.24 bits per heavy atom. The Balaban J connectivity index is 1.75. The maximum Gasteiger partial charge on any atom is 0.227 e. The van der Waals surface area contributed by atoms with Crippen LogP contribution in [0.25, 0.3) is 0 Å². The summed E-state index contributed by atoms with van der Waals surface area (Å²) in [6, 6.07) is 6.76. The Hall–Kier alpha value is -2.94. The van der Waals surface area contributed by atoms with E-state index in [4.69, 9.17) is 49.0 Å². The third-order valence-electron chi connectivity index (χ3n) is 4.52. The second-order valence-electron chi connectivity index (χ2n) is 6.61. The van der Waals surface area contributed by atoms with Crippen molar-refractivity contribution < 1.29 is 19.0 Å². The van der Waals surface area contributed by atoms with Gasteiger partial charge in [-0.05, 0) is 12.1 Å². The molecule has 3 rings (SSSR count). The average Bonchev–Trinajstić information content (AvgIpc) is 2.82. The molecular formula is C22H21Cl3N4O4. The first-order valence-corrected chi connectivity index (χ1v) is 10.9. The van der Waals surface area contributed by atoms with E-state index in [1.165, 1.54) is 26.6 Å². The molecule has 0 aliphatic heterocycles. The highest BCUT2D eigenvalue weighted by Gasteiger charge is 2.18. The third kappa shape index (κ3) is 5.90. The van der Waals surface area contributed by atoms with E-state index in [1.807, 2.05) is 0 Å². The van der Waals surface area contributed by atoms with E-state index >= 15 is 0 Å². The van der Waals surface area contributed by atoms with Crippen molar-refractivity contribution in [3.63, 3.8) is 0 Å². The molecule has 0 radical (unpaired) electrons. The Kier molecular flexibility index (Phi) is 8.43. The maximum absolute atomic E-state index is 11.8. The van der Waals surface area contributed by atoms with Crippen molar-refractivity contribution in [3.05, 3.63) is 57.3 Å². The van der Waals surface area contributed by atoms with E-state index < -0.39 is 0 Å². The molecule has 0 unspecified atom stereocenters. The summed E-state index contributed by atoms with van der Waals surface area (Å²) in [6.45, 7) is 1.80. The van der Waals surface area contributed by atoms with Crippen molar-refractivity contribution in [2.45, 2.75) is 20.0 Å². The molecule has 1 heterocycles. The van der Waals surface area contributed by atoms with E-state index in [9.17, 15) is 4.79 Å². The molecule has 0 spiro atoms. The number of nitrogens with zero attached hydrogens (tertiary/aromatic N) is 2. The van der Waals surface area contributed by atoms with Gasteiger partial charge in [0.1, 0.15) is 18.1 Å². The van der Waals surface area contributed by atoms with Crippen molar-refractivity contribution in [2.75, 3.05) is 24.9 Å². The van der Waals surface area contributed by atoms with E-state index in [0.717, 1.165) is 0 Å². The van der Waals surface area contributed by atoms with E-state index in [-0.39, 0.29) is 18.5 Å². The zero-order valence-electron chi connectivity index (χ0n) is 18.0. The zero-order chi connectivity index (χ0) is 24.0. The molecule has 2 aromatic carbocycles. The molecule has 2 N–H and O–H groups in total. The highest BCUT2D eigenvalue weighted by molar-refractivity contribution is 6.37. The van der Waals surface area contributed by atoms with Crippen LogP contribution in [0.3, 0.4) is 0 Å². The predicted molar refractivity (Wildman–Crippen MR) is 130 cm³/mol. The summed E-state index contributed by atoms with van der Waals surface area (Å²) in [7, 11) is 2.99. The van der Waals surface area contributed by atoms with Gasteiger partial charge in [-0.3, -0.25) is 4.79 Å². The number of ether oxygens (including phenoxy) is 3. The van der Waals surface area contributed by atoms with Crippen LogP contribution in [0.1, 0.15) is 18.9 Å². The molecule has 3 aromatic rings. The minimum atomic E-state index is -0.142. The van der Waals surface area contributed by atoms with Gasteiger partial charge in [-0.25, -0.2) is 9.97 Å². The van der Waals surface area contributed by atoms with Crippen molar-refractivity contribution in [1.82, 2.24) is 9.97 Å². The number of carbonyl (C=O) groups excluding carboxylic acids is 1. The van der Waals surface area contributed by atoms with Crippen LogP contribution in [-0.2, 0) is 11.4 Å². The molecule has 0 fully saturated rings. The summed E-state index contributed by atoms with van der Waals surface area (Å²) in [5.41, 5.74) is 1.51. The predicted octanol–water partition coefficient (Wildman–Crippen LogP) is 6.13. The number of benzene rings is 2. The summed E-state index contributed by atoms with van der Waals surface area (Å²) in [5, 5.41) is 6.86. The van der Waals surface area contributed by atoms with Crippen LogP contribution >= 0.6 is 34.8 Å². The molecule has 0 saturated heterocycles. The Morgan fingerprint density at radius 1 is 1.03 bits per heavy atom. The van der Waals surface area contributed by atoms with E-state index in [2.05, 4.69) is 20.6 Å². The number of para-hydroxylation sites is 1. The van der Waals surface area contributed by atoms with Gasteiger partial charge in [0.15, 0.2) is 5.75 Å². The van der Waals surface area contributed by atoms with Crippen molar-refractivity contribution >= 4 is 58.0 Å². The number of halogens is 3. The molecule has 0 aliphatic rings. The molecule has 0 bridgehead atoms. The minimum absolute atomic E-state index is 0.0407. The summed E-state index contributed by atoms with van der Waals surface area (Å²) < 4.78 is 16.3. The largest absolute Gasteiger partial charge is 0.495 e. The summed E-state index contributed by atoms with van der Waals surface area (Å²) in [5.74, 6) is 1.34. The van der Waals surface area contributed by atoms with Crippen molar-refractivity contribution in [2.24, 2.45) is 0 Å². The normalized spacial score (nSPS) is 10.5. The van der Waals surface area contributed by atoms with Crippen molar-refractivity contribution in [1.29, 1.82) is 0 Å². The third-order valence-corrected chi connectivity index (χ3v) is 5.67. The molecular weight excluding hydrogens is 491 g/mol. The first-order valence-electron chi connectivity index (χ1n) is 9.77. The number of hydrogen-bond acceptors (Lipinski definition) is 7. The van der Waals surface area contributed by atoms with Gasteiger partial charge in [0.05, 0.1) is 53.1 Å². The van der Waals surface area contributed by atoms with Crippen LogP contribution < -0.4 is 24.8 Å². The summed E-state index contributed by atoms with van der Waals surface area (Å²) in [4.78, 5) is 20.3. The number of nitrogens with one attached hydrogen (secondary N) is 2. The standard InChI is InChI=1S/C22H21Cl3N4O4/c1-4-18(30)28-15-7-5-6-14(23)21(15)29-22-26-9-12(10-27-22)33-11-13-19(24)16(31-2)8-17(32-3)20(13)25/h5-10H,4,11H2,1-3H3,(H,28,30)(H,26,27,29). The van der Waals surface area contributed by atoms with Crippen LogP contribution in [0.15, 0.2) is 36.7 Å². The number of rotatable bonds is 9. The number of methoxy groups -OCH3 is 2. The van der Waals surface area contributed by atoms with Crippen LogP contribution in [-0.4, -0.2) is 30.1 Å². The lowest BCUT2D eigenvalue weighted by Crippen LogP contribution is -2.11. The smallest absolute Gasteiger partial charge is 0.227 e. The molecule has 8 nitrogen and oxygen atoms in total. The van der Waals surface area contributed by atoms with E-state index in [1.54, 1.807) is 31.2 Å². The van der Waals surface area contributed by atoms with Gasteiger partial charge in [0, 0.05) is 18.1 Å². The fourth-order valence-corrected chi connectivity index (χ4v) is 3.61. The van der Waals surface area contributed by atoms with Crippen LogP contribution in [0.2, 0.25) is 15.1 Å². The molecule has 0 atom stereocenters. The first kappa shape index (κ1) is 24.7. The van der Waals surface area contributed by atoms with Gasteiger partial charge in [-0.1, -0.05) is 47.8 Å². The SMILES string of the molecule is CCC(=O)Nc1cccc(Cl)c1Nc1ncc(OCc2c(Cl)c(OC)cc(OC)c2Cl)cn1. The Labute approximate surface area is 206 Å². The molecule has 1 aromatic heterocycles. The van der Waals surface area contributed by atoms with Crippen LogP contribution in [0.5, 0.6) is 17.2 Å². The molecule has 0 aliphatic carbocycles.